The maximum Gasteiger partial charge on any atom is 0.410 e. The Hall–Kier alpha value is -4.08. The van der Waals surface area contributed by atoms with Crippen LogP contribution in [0.25, 0.3) is 6.08 Å². The van der Waals surface area contributed by atoms with Gasteiger partial charge in [-0.3, -0.25) is 4.90 Å². The number of aliphatic hydroxyl groups excluding tert-OH is 1. The molecule has 0 aromatic heterocycles. The molecule has 0 fully saturated rings. The Kier molecular flexibility index (Phi) is 9.99. The van der Waals surface area contributed by atoms with Crippen LogP contribution in [0.15, 0.2) is 60.7 Å². The molecule has 2 atom stereocenters. The maximum atomic E-state index is 16.0. The average molecular weight is 619 g/mol. The molecule has 5 rings (SSSR count). The van der Waals surface area contributed by atoms with Crippen LogP contribution >= 0.6 is 0 Å². The smallest absolute Gasteiger partial charge is 0.410 e. The van der Waals surface area contributed by atoms with Crippen LogP contribution < -0.4 is 14.2 Å². The molecule has 2 aliphatic rings. The fraction of sp³-hybridized carbons (Fsp3) is 0.417. The number of alkyl halides is 1. The van der Waals surface area contributed by atoms with E-state index in [1.54, 1.807) is 18.0 Å². The fourth-order valence-electron chi connectivity index (χ4n) is 5.63. The van der Waals surface area contributed by atoms with Crippen molar-refractivity contribution in [1.82, 2.24) is 9.80 Å². The highest BCUT2D eigenvalue weighted by molar-refractivity contribution is 5.67. The second-order valence-electron chi connectivity index (χ2n) is 12.6. The van der Waals surface area contributed by atoms with Crippen molar-refractivity contribution in [1.29, 1.82) is 0 Å². The lowest BCUT2D eigenvalue weighted by Gasteiger charge is -2.38. The second kappa shape index (κ2) is 13.9. The van der Waals surface area contributed by atoms with E-state index in [2.05, 4.69) is 11.0 Å². The third-order valence-corrected chi connectivity index (χ3v) is 7.98. The topological polar surface area (TPSA) is 80.7 Å². The number of fused-ring (bicyclic) bond motifs is 2. The highest BCUT2D eigenvalue weighted by atomic mass is 19.1. The third-order valence-electron chi connectivity index (χ3n) is 7.98. The number of aryl methyl sites for hydroxylation is 1. The molecule has 0 radical (unpaired) electrons. The molecule has 1 amide bonds. The first-order valence-electron chi connectivity index (χ1n) is 15.4. The standard InChI is InChI=1S/C36H43FN2O6/c1-24-16-33-34(44-23-43-33)18-26(24)12-13-31-29-17-27(21-40)32(42-22-25-10-7-6-8-11-25)19-28(29)30(37)20-39(31)15-9-14-38(5)35(41)45-36(2,3)4/h6-8,10-13,16-19,30-31,40H,9,14-15,20-23H2,1-5H3/b13-12+. The summed E-state index contributed by atoms with van der Waals surface area (Å²) in [6, 6.07) is 17.0. The first-order valence-corrected chi connectivity index (χ1v) is 15.4. The molecule has 3 aromatic carbocycles. The zero-order valence-corrected chi connectivity index (χ0v) is 26.7. The minimum atomic E-state index is -1.26. The molecule has 0 spiro atoms. The van der Waals surface area contributed by atoms with Crippen LogP contribution in [0, 0.1) is 6.92 Å². The Labute approximate surface area is 265 Å². The normalized spacial score (nSPS) is 17.8. The van der Waals surface area contributed by atoms with Crippen molar-refractivity contribution in [2.75, 3.05) is 33.5 Å². The number of ether oxygens (including phenoxy) is 4. The number of halogens is 1. The highest BCUT2D eigenvalue weighted by Crippen LogP contribution is 2.42. The summed E-state index contributed by atoms with van der Waals surface area (Å²) in [6.45, 7) is 8.96. The number of rotatable bonds is 10. The molecule has 8 nitrogen and oxygen atoms in total. The van der Waals surface area contributed by atoms with Gasteiger partial charge in [-0.1, -0.05) is 42.5 Å². The van der Waals surface area contributed by atoms with E-state index in [0.29, 0.717) is 48.7 Å². The second-order valence-corrected chi connectivity index (χ2v) is 12.6. The zero-order chi connectivity index (χ0) is 32.1. The van der Waals surface area contributed by atoms with Crippen LogP contribution in [-0.4, -0.2) is 60.1 Å². The van der Waals surface area contributed by atoms with Crippen molar-refractivity contribution in [3.05, 3.63) is 94.1 Å². The molecule has 2 aliphatic heterocycles. The van der Waals surface area contributed by atoms with Crippen molar-refractivity contribution in [3.8, 4) is 17.2 Å². The quantitative estimate of drug-likeness (QED) is 0.259. The predicted octanol–water partition coefficient (Wildman–Crippen LogP) is 7.13. The molecule has 45 heavy (non-hydrogen) atoms. The first kappa shape index (κ1) is 32.3. The Morgan fingerprint density at radius 3 is 2.56 bits per heavy atom. The predicted molar refractivity (Wildman–Crippen MR) is 171 cm³/mol. The summed E-state index contributed by atoms with van der Waals surface area (Å²) in [5, 5.41) is 10.3. The lowest BCUT2D eigenvalue weighted by Crippen LogP contribution is -2.39. The SMILES string of the molecule is Cc1cc2c(cc1/C=C/C1c3cc(CO)c(OCc4ccccc4)cc3C(F)CN1CCCN(C)C(=O)OC(C)(C)C)OCO2. The number of nitrogens with zero attached hydrogens (tertiary/aromatic N) is 2. The van der Waals surface area contributed by atoms with Crippen LogP contribution in [0.4, 0.5) is 9.18 Å². The highest BCUT2D eigenvalue weighted by Gasteiger charge is 2.33. The number of amides is 1. The molecule has 0 saturated heterocycles. The van der Waals surface area contributed by atoms with Gasteiger partial charge in [0.25, 0.3) is 0 Å². The van der Waals surface area contributed by atoms with Gasteiger partial charge >= 0.3 is 6.09 Å². The van der Waals surface area contributed by atoms with E-state index in [1.165, 1.54) is 0 Å². The molecule has 0 bridgehead atoms. The van der Waals surface area contributed by atoms with Gasteiger partial charge in [0, 0.05) is 32.2 Å². The van der Waals surface area contributed by atoms with Gasteiger partial charge in [-0.05, 0) is 86.2 Å². The van der Waals surface area contributed by atoms with Gasteiger partial charge in [0.15, 0.2) is 11.5 Å². The van der Waals surface area contributed by atoms with E-state index >= 15 is 4.39 Å². The Morgan fingerprint density at radius 2 is 1.84 bits per heavy atom. The third kappa shape index (κ3) is 7.96. The molecular formula is C36H43FN2O6. The number of carbonyl (C=O) groups excluding carboxylic acids is 1. The molecule has 1 N–H and O–H groups in total. The van der Waals surface area contributed by atoms with E-state index in [4.69, 9.17) is 18.9 Å². The summed E-state index contributed by atoms with van der Waals surface area (Å²) in [5.41, 5.74) is 4.33. The summed E-state index contributed by atoms with van der Waals surface area (Å²) in [7, 11) is 1.71. The Morgan fingerprint density at radius 1 is 1.11 bits per heavy atom. The van der Waals surface area contributed by atoms with Crippen LogP contribution in [-0.2, 0) is 18.0 Å². The fourth-order valence-corrected chi connectivity index (χ4v) is 5.63. The molecule has 2 unspecified atom stereocenters. The molecule has 9 heteroatoms. The van der Waals surface area contributed by atoms with Crippen LogP contribution in [0.2, 0.25) is 0 Å². The first-order chi connectivity index (χ1) is 21.5. The number of aliphatic hydroxyl groups is 1. The van der Waals surface area contributed by atoms with Gasteiger partial charge in [-0.2, -0.15) is 0 Å². The monoisotopic (exact) mass is 618 g/mol. The summed E-state index contributed by atoms with van der Waals surface area (Å²) >= 11 is 0. The number of benzene rings is 3. The van der Waals surface area contributed by atoms with Gasteiger partial charge in [-0.25, -0.2) is 9.18 Å². The zero-order valence-electron chi connectivity index (χ0n) is 26.7. The van der Waals surface area contributed by atoms with Crippen molar-refractivity contribution in [2.45, 2.75) is 65.1 Å². The van der Waals surface area contributed by atoms with Crippen molar-refractivity contribution in [2.24, 2.45) is 0 Å². The lowest BCUT2D eigenvalue weighted by molar-refractivity contribution is 0.0288. The van der Waals surface area contributed by atoms with Gasteiger partial charge in [-0.15, -0.1) is 0 Å². The number of hydrogen-bond acceptors (Lipinski definition) is 7. The molecule has 2 heterocycles. The molecule has 0 saturated carbocycles. The summed E-state index contributed by atoms with van der Waals surface area (Å²) in [6.07, 6.45) is 3.07. The average Bonchev–Trinajstić information content (AvgIpc) is 3.46. The van der Waals surface area contributed by atoms with Gasteiger partial charge in [0.05, 0.1) is 12.6 Å². The molecule has 240 valence electrons. The van der Waals surface area contributed by atoms with Gasteiger partial charge in [0.2, 0.25) is 6.79 Å². The van der Waals surface area contributed by atoms with E-state index < -0.39 is 11.8 Å². The van der Waals surface area contributed by atoms with Gasteiger partial charge < -0.3 is 29.0 Å². The maximum absolute atomic E-state index is 16.0. The van der Waals surface area contributed by atoms with Crippen LogP contribution in [0.3, 0.4) is 0 Å². The van der Waals surface area contributed by atoms with Crippen LogP contribution in [0.1, 0.15) is 72.8 Å². The largest absolute Gasteiger partial charge is 0.489 e. The summed E-state index contributed by atoms with van der Waals surface area (Å²) in [4.78, 5) is 16.1. The molecular weight excluding hydrogens is 575 g/mol. The molecule has 0 aliphatic carbocycles. The number of carbonyl (C=O) groups is 1. The van der Waals surface area contributed by atoms with Crippen LogP contribution in [0.5, 0.6) is 17.2 Å². The van der Waals surface area contributed by atoms with Gasteiger partial charge in [0.1, 0.15) is 24.1 Å². The van der Waals surface area contributed by atoms with Crippen molar-refractivity contribution in [3.63, 3.8) is 0 Å². The van der Waals surface area contributed by atoms with E-state index in [0.717, 1.165) is 28.0 Å². The van der Waals surface area contributed by atoms with E-state index in [9.17, 15) is 9.90 Å². The summed E-state index contributed by atoms with van der Waals surface area (Å²) in [5.74, 6) is 1.89. The van der Waals surface area contributed by atoms with E-state index in [1.807, 2.05) is 82.3 Å². The summed E-state index contributed by atoms with van der Waals surface area (Å²) < 4.78 is 38.7. The van der Waals surface area contributed by atoms with E-state index in [-0.39, 0.29) is 32.1 Å². The minimum absolute atomic E-state index is 0.175. The van der Waals surface area contributed by atoms with Crippen molar-refractivity contribution < 1.29 is 33.2 Å². The minimum Gasteiger partial charge on any atom is -0.489 e. The lowest BCUT2D eigenvalue weighted by atomic mass is 9.88. The Balaban J connectivity index is 1.42. The Bertz CT molecular complexity index is 1520. The number of hydrogen-bond donors (Lipinski definition) is 1. The molecule has 3 aromatic rings. The van der Waals surface area contributed by atoms with Crippen molar-refractivity contribution >= 4 is 12.2 Å².